The Morgan fingerprint density at radius 3 is 2.00 bits per heavy atom. The quantitative estimate of drug-likeness (QED) is 0.444. The minimum Gasteiger partial charge on any atom is -0.475 e. The third-order valence-corrected chi connectivity index (χ3v) is 9.97. The fourth-order valence-electron chi connectivity index (χ4n) is 3.66. The Hall–Kier alpha value is -2.94. The Morgan fingerprint density at radius 1 is 0.897 bits per heavy atom. The highest BCUT2D eigenvalue weighted by molar-refractivity contribution is 6.99. The van der Waals surface area contributed by atoms with E-state index in [1.807, 2.05) is 12.1 Å². The van der Waals surface area contributed by atoms with Gasteiger partial charge in [0.15, 0.2) is 0 Å². The summed E-state index contributed by atoms with van der Waals surface area (Å²) in [6, 6.07) is 26.4. The number of hydrogen-bond donors (Lipinski definition) is 0. The van der Waals surface area contributed by atoms with Gasteiger partial charge in [0.2, 0.25) is 5.88 Å². The SMILES string of the molecule is CC(C)(C)[Si](OCCOc1cc(C#N)ccn1)(c1ccccc1)c1ccccc1. The van der Waals surface area contributed by atoms with Crippen LogP contribution in [-0.2, 0) is 4.43 Å². The molecular weight excluding hydrogens is 376 g/mol. The van der Waals surface area contributed by atoms with Crippen molar-refractivity contribution in [2.45, 2.75) is 25.8 Å². The lowest BCUT2D eigenvalue weighted by atomic mass is 10.2. The summed E-state index contributed by atoms with van der Waals surface area (Å²) in [5, 5.41) is 11.4. The molecule has 2 aromatic carbocycles. The molecule has 148 valence electrons. The summed E-state index contributed by atoms with van der Waals surface area (Å²) in [5.41, 5.74) is 0.530. The summed E-state index contributed by atoms with van der Waals surface area (Å²) in [5.74, 6) is 0.440. The van der Waals surface area contributed by atoms with E-state index in [2.05, 4.69) is 80.4 Å². The molecule has 1 aromatic heterocycles. The first kappa shape index (κ1) is 20.8. The van der Waals surface area contributed by atoms with Gasteiger partial charge in [-0.25, -0.2) is 4.98 Å². The van der Waals surface area contributed by atoms with E-state index < -0.39 is 8.32 Å². The molecule has 0 amide bonds. The average molecular weight is 403 g/mol. The molecule has 3 aromatic rings. The first-order chi connectivity index (χ1) is 14.0. The second-order valence-corrected chi connectivity index (χ2v) is 12.2. The van der Waals surface area contributed by atoms with Crippen LogP contribution in [0, 0.1) is 11.3 Å². The van der Waals surface area contributed by atoms with Crippen LogP contribution >= 0.6 is 0 Å². The first-order valence-electron chi connectivity index (χ1n) is 9.71. The predicted octanol–water partition coefficient (Wildman–Crippen LogP) is 3.91. The van der Waals surface area contributed by atoms with Gasteiger partial charge in [0, 0.05) is 12.3 Å². The van der Waals surface area contributed by atoms with Crippen LogP contribution < -0.4 is 15.1 Å². The molecule has 0 aliphatic heterocycles. The molecule has 0 aliphatic carbocycles. The molecule has 1 heterocycles. The summed E-state index contributed by atoms with van der Waals surface area (Å²) in [4.78, 5) is 4.17. The molecule has 0 bridgehead atoms. The third kappa shape index (κ3) is 4.56. The largest absolute Gasteiger partial charge is 0.475 e. The summed E-state index contributed by atoms with van der Waals surface area (Å²) >= 11 is 0. The van der Waals surface area contributed by atoms with Gasteiger partial charge in [0.25, 0.3) is 8.32 Å². The summed E-state index contributed by atoms with van der Waals surface area (Å²) in [7, 11) is -2.56. The molecule has 0 unspecified atom stereocenters. The Balaban J connectivity index is 1.87. The molecule has 4 nitrogen and oxygen atoms in total. The summed E-state index contributed by atoms with van der Waals surface area (Å²) < 4.78 is 12.5. The maximum absolute atomic E-state index is 9.03. The zero-order chi connectivity index (χ0) is 20.7. The number of aromatic nitrogens is 1. The molecule has 0 saturated carbocycles. The number of pyridine rings is 1. The van der Waals surface area contributed by atoms with E-state index in [0.29, 0.717) is 24.7 Å². The number of rotatable bonds is 7. The van der Waals surface area contributed by atoms with Crippen molar-refractivity contribution in [1.82, 2.24) is 4.98 Å². The van der Waals surface area contributed by atoms with E-state index in [-0.39, 0.29) is 5.04 Å². The van der Waals surface area contributed by atoms with Gasteiger partial charge >= 0.3 is 0 Å². The van der Waals surface area contributed by atoms with E-state index in [1.54, 1.807) is 18.3 Å². The lowest BCUT2D eigenvalue weighted by Crippen LogP contribution is -2.66. The highest BCUT2D eigenvalue weighted by atomic mass is 28.4. The van der Waals surface area contributed by atoms with Crippen LogP contribution in [0.4, 0.5) is 0 Å². The van der Waals surface area contributed by atoms with Crippen LogP contribution in [0.15, 0.2) is 79.0 Å². The van der Waals surface area contributed by atoms with Crippen molar-refractivity contribution in [3.05, 3.63) is 84.6 Å². The smallest absolute Gasteiger partial charge is 0.261 e. The Morgan fingerprint density at radius 2 is 1.48 bits per heavy atom. The molecule has 0 fully saturated rings. The highest BCUT2D eigenvalue weighted by Gasteiger charge is 2.50. The molecule has 0 aliphatic rings. The Labute approximate surface area is 173 Å². The molecule has 0 atom stereocenters. The van der Waals surface area contributed by atoms with Gasteiger partial charge in [-0.3, -0.25) is 0 Å². The summed E-state index contributed by atoms with van der Waals surface area (Å²) in [6.07, 6.45) is 1.58. The second kappa shape index (κ2) is 9.04. The predicted molar refractivity (Wildman–Crippen MR) is 118 cm³/mol. The van der Waals surface area contributed by atoms with Crippen LogP contribution in [0.1, 0.15) is 26.3 Å². The van der Waals surface area contributed by atoms with Gasteiger partial charge < -0.3 is 9.16 Å². The average Bonchev–Trinajstić information content (AvgIpc) is 2.74. The monoisotopic (exact) mass is 402 g/mol. The fourth-order valence-corrected chi connectivity index (χ4v) is 8.21. The zero-order valence-corrected chi connectivity index (χ0v) is 18.1. The molecule has 0 spiro atoms. The number of nitrogens with zero attached hydrogens (tertiary/aromatic N) is 2. The van der Waals surface area contributed by atoms with E-state index in [9.17, 15) is 0 Å². The van der Waals surface area contributed by atoms with Crippen LogP contribution in [0.25, 0.3) is 0 Å². The van der Waals surface area contributed by atoms with Gasteiger partial charge in [-0.1, -0.05) is 81.4 Å². The standard InChI is InChI=1S/C24H26N2O2Si/c1-24(2,3)29(21-10-6-4-7-11-21,22-12-8-5-9-13-22)28-17-16-27-23-18-20(19-25)14-15-26-23/h4-15,18H,16-17H2,1-3H3. The Kier molecular flexibility index (Phi) is 6.48. The van der Waals surface area contributed by atoms with Gasteiger partial charge in [-0.15, -0.1) is 0 Å². The number of nitriles is 1. The third-order valence-electron chi connectivity index (χ3n) is 4.93. The van der Waals surface area contributed by atoms with Gasteiger partial charge in [-0.05, 0) is 21.5 Å². The van der Waals surface area contributed by atoms with Crippen molar-refractivity contribution < 1.29 is 9.16 Å². The molecule has 0 saturated heterocycles. The minimum atomic E-state index is -2.56. The van der Waals surface area contributed by atoms with Crippen molar-refractivity contribution in [3.63, 3.8) is 0 Å². The lowest BCUT2D eigenvalue weighted by molar-refractivity contribution is 0.203. The van der Waals surface area contributed by atoms with Crippen LogP contribution in [0.3, 0.4) is 0 Å². The number of hydrogen-bond acceptors (Lipinski definition) is 4. The molecule has 5 heteroatoms. The normalized spacial score (nSPS) is 11.7. The van der Waals surface area contributed by atoms with Gasteiger partial charge in [0.05, 0.1) is 18.2 Å². The molecular formula is C24H26N2O2Si. The highest BCUT2D eigenvalue weighted by Crippen LogP contribution is 2.36. The topological polar surface area (TPSA) is 55.1 Å². The van der Waals surface area contributed by atoms with Crippen molar-refractivity contribution in [3.8, 4) is 11.9 Å². The van der Waals surface area contributed by atoms with Crippen molar-refractivity contribution in [2.24, 2.45) is 0 Å². The first-order valence-corrected chi connectivity index (χ1v) is 11.6. The summed E-state index contributed by atoms with van der Waals surface area (Å²) in [6.45, 7) is 7.55. The van der Waals surface area contributed by atoms with Crippen LogP contribution in [0.2, 0.25) is 5.04 Å². The molecule has 29 heavy (non-hydrogen) atoms. The van der Waals surface area contributed by atoms with Crippen LogP contribution in [-0.4, -0.2) is 26.5 Å². The number of ether oxygens (including phenoxy) is 1. The molecule has 3 rings (SSSR count). The van der Waals surface area contributed by atoms with Gasteiger partial charge in [-0.2, -0.15) is 5.26 Å². The second-order valence-electron chi connectivity index (χ2n) is 7.85. The van der Waals surface area contributed by atoms with Crippen molar-refractivity contribution in [1.29, 1.82) is 5.26 Å². The fraction of sp³-hybridized carbons (Fsp3) is 0.250. The van der Waals surface area contributed by atoms with Crippen molar-refractivity contribution in [2.75, 3.05) is 13.2 Å². The maximum atomic E-state index is 9.03. The van der Waals surface area contributed by atoms with Crippen LogP contribution in [0.5, 0.6) is 5.88 Å². The molecule has 0 N–H and O–H groups in total. The van der Waals surface area contributed by atoms with E-state index >= 15 is 0 Å². The van der Waals surface area contributed by atoms with E-state index in [4.69, 9.17) is 14.4 Å². The lowest BCUT2D eigenvalue weighted by Gasteiger charge is -2.43. The molecule has 0 radical (unpaired) electrons. The minimum absolute atomic E-state index is 0.0747. The van der Waals surface area contributed by atoms with Crippen molar-refractivity contribution >= 4 is 18.7 Å². The Bertz CT molecular complexity index is 924. The maximum Gasteiger partial charge on any atom is 0.261 e. The van der Waals surface area contributed by atoms with E-state index in [1.165, 1.54) is 10.4 Å². The zero-order valence-electron chi connectivity index (χ0n) is 17.1. The van der Waals surface area contributed by atoms with E-state index in [0.717, 1.165) is 0 Å². The number of benzene rings is 2. The van der Waals surface area contributed by atoms with Gasteiger partial charge in [0.1, 0.15) is 6.61 Å².